The fourth-order valence-electron chi connectivity index (χ4n) is 7.43. The van der Waals surface area contributed by atoms with Crippen LogP contribution in [0.3, 0.4) is 0 Å². The summed E-state index contributed by atoms with van der Waals surface area (Å²) in [6.45, 7) is 9.85. The number of oxazole rings is 1. The minimum Gasteiger partial charge on any atom is -0.496 e. The van der Waals surface area contributed by atoms with E-state index in [1.807, 2.05) is 52.0 Å². The molecule has 7 rings (SSSR count). The number of nitrogens with zero attached hydrogens (tertiary/aromatic N) is 3. The van der Waals surface area contributed by atoms with Crippen molar-refractivity contribution < 1.29 is 41.4 Å². The van der Waals surface area contributed by atoms with Crippen molar-refractivity contribution in [3.8, 4) is 22.9 Å². The summed E-state index contributed by atoms with van der Waals surface area (Å²) in [5, 5.41) is 3.01. The molecule has 290 valence electrons. The molecular weight excluding hydrogens is 715 g/mol. The minimum absolute atomic E-state index is 0.0597. The van der Waals surface area contributed by atoms with Gasteiger partial charge < -0.3 is 28.8 Å². The number of methoxy groups -OCH3 is 1. The summed E-state index contributed by atoms with van der Waals surface area (Å²) in [7, 11) is -2.27. The lowest BCUT2D eigenvalue weighted by Gasteiger charge is -2.28. The number of fused-ring (bicyclic) bond motifs is 3. The third-order valence-electron chi connectivity index (χ3n) is 10.9. The number of benzene rings is 1. The lowest BCUT2D eigenvalue weighted by atomic mass is 10.1. The van der Waals surface area contributed by atoms with Gasteiger partial charge in [-0.05, 0) is 71.4 Å². The Morgan fingerprint density at radius 2 is 1.91 bits per heavy atom. The molecule has 2 aliphatic heterocycles. The number of hydrogen-bond acceptors (Lipinski definition) is 11. The van der Waals surface area contributed by atoms with Crippen LogP contribution in [0, 0.1) is 19.8 Å². The summed E-state index contributed by atoms with van der Waals surface area (Å²) >= 11 is 0. The summed E-state index contributed by atoms with van der Waals surface area (Å²) in [5.41, 5.74) is 1.09. The second kappa shape index (κ2) is 14.6. The molecule has 15 heteroatoms. The number of carbonyl (C=O) groups excluding carboxylic acids is 3. The molecule has 2 saturated carbocycles. The fraction of sp³-hybridized carbons (Fsp3) is 0.564. The lowest BCUT2D eigenvalue weighted by Crippen LogP contribution is -2.57. The Balaban J connectivity index is 1.22. The third-order valence-corrected chi connectivity index (χ3v) is 12.7. The Morgan fingerprint density at radius 3 is 2.61 bits per heavy atom. The first kappa shape index (κ1) is 37.8. The van der Waals surface area contributed by atoms with E-state index >= 15 is 0 Å². The molecule has 1 aromatic carbocycles. The van der Waals surface area contributed by atoms with E-state index in [0.29, 0.717) is 64.9 Å². The maximum absolute atomic E-state index is 14.3. The number of allylic oxidation sites excluding steroid dienone is 1. The van der Waals surface area contributed by atoms with E-state index < -0.39 is 56.8 Å². The minimum atomic E-state index is -3.86. The maximum atomic E-state index is 14.3. The molecule has 0 radical (unpaired) electrons. The number of aromatic nitrogens is 2. The Labute approximate surface area is 315 Å². The van der Waals surface area contributed by atoms with Crippen LogP contribution in [-0.2, 0) is 29.1 Å². The number of hydrogen-bond donors (Lipinski definition) is 2. The predicted octanol–water partition coefficient (Wildman–Crippen LogP) is 4.62. The number of rotatable bonds is 8. The number of aryl methyl sites for hydroxylation is 2. The summed E-state index contributed by atoms with van der Waals surface area (Å²) < 4.78 is 52.1. The normalized spacial score (nSPS) is 26.5. The smallest absolute Gasteiger partial charge is 0.259 e. The second-order valence-corrected chi connectivity index (χ2v) is 17.2. The average Bonchev–Trinajstić information content (AvgIpc) is 4.03. The molecule has 5 unspecified atom stereocenters. The van der Waals surface area contributed by atoms with Crippen molar-refractivity contribution in [2.24, 2.45) is 5.92 Å². The van der Waals surface area contributed by atoms with Crippen LogP contribution < -0.4 is 19.5 Å². The van der Waals surface area contributed by atoms with Crippen molar-refractivity contribution >= 4 is 38.6 Å². The number of sulfonamides is 1. The quantitative estimate of drug-likeness (QED) is 0.306. The van der Waals surface area contributed by atoms with Crippen LogP contribution in [0.4, 0.5) is 0 Å². The van der Waals surface area contributed by atoms with Gasteiger partial charge >= 0.3 is 0 Å². The Hall–Kier alpha value is -4.50. The first-order valence-electron chi connectivity index (χ1n) is 18.8. The monoisotopic (exact) mass is 763 g/mol. The van der Waals surface area contributed by atoms with Gasteiger partial charge in [0.1, 0.15) is 46.7 Å². The van der Waals surface area contributed by atoms with Gasteiger partial charge in [0, 0.05) is 41.9 Å². The van der Waals surface area contributed by atoms with E-state index in [4.69, 9.17) is 28.6 Å². The van der Waals surface area contributed by atoms with Gasteiger partial charge in [-0.2, -0.15) is 0 Å². The largest absolute Gasteiger partial charge is 0.496 e. The van der Waals surface area contributed by atoms with E-state index in [0.717, 1.165) is 24.8 Å². The van der Waals surface area contributed by atoms with Crippen molar-refractivity contribution in [1.82, 2.24) is 24.9 Å². The van der Waals surface area contributed by atoms with Crippen molar-refractivity contribution in [3.63, 3.8) is 0 Å². The third kappa shape index (κ3) is 7.31. The molecule has 2 N–H and O–H groups in total. The molecule has 54 heavy (non-hydrogen) atoms. The van der Waals surface area contributed by atoms with Crippen LogP contribution in [0.2, 0.25) is 0 Å². The van der Waals surface area contributed by atoms with Crippen molar-refractivity contribution in [2.75, 3.05) is 20.3 Å². The molecule has 4 heterocycles. The van der Waals surface area contributed by atoms with Crippen LogP contribution in [-0.4, -0.2) is 90.3 Å². The lowest BCUT2D eigenvalue weighted by molar-refractivity contribution is -0.147. The first-order valence-corrected chi connectivity index (χ1v) is 20.4. The molecule has 5 atom stereocenters. The molecule has 3 aromatic rings. The van der Waals surface area contributed by atoms with Gasteiger partial charge in [0.05, 0.1) is 30.1 Å². The Morgan fingerprint density at radius 1 is 1.13 bits per heavy atom. The van der Waals surface area contributed by atoms with Gasteiger partial charge in [-0.1, -0.05) is 26.0 Å². The van der Waals surface area contributed by atoms with Crippen LogP contribution in [0.15, 0.2) is 34.8 Å². The van der Waals surface area contributed by atoms with Gasteiger partial charge in [-0.3, -0.25) is 19.1 Å². The fourth-order valence-corrected chi connectivity index (χ4v) is 8.80. The average molecular weight is 764 g/mol. The van der Waals surface area contributed by atoms with E-state index in [1.165, 1.54) is 4.90 Å². The number of ether oxygens (including phenoxy) is 3. The predicted molar refractivity (Wildman–Crippen MR) is 199 cm³/mol. The molecule has 2 aromatic heterocycles. The van der Waals surface area contributed by atoms with Crippen LogP contribution in [0.25, 0.3) is 22.3 Å². The van der Waals surface area contributed by atoms with Gasteiger partial charge in [-0.25, -0.2) is 18.4 Å². The van der Waals surface area contributed by atoms with Crippen molar-refractivity contribution in [3.05, 3.63) is 47.6 Å². The van der Waals surface area contributed by atoms with E-state index in [2.05, 4.69) is 10.0 Å². The molecule has 3 fully saturated rings. The standard InChI is InChI=1S/C39H49N5O9S/c1-21(2)36-41-34(23(4)52-36)29-18-32(28-14-15-31(50-6)22(3)33(28)40-29)53-26-17-30-35(45)42-39(38(47)43-54(48,49)27-12-13-27)19-25(39)11-9-7-8-10-16-51-24(5)37(46)44(30)20-26/h9,11,14-15,18,21,24-27,30H,7-8,10,12-13,16-17,19-20H2,1-6H3,(H,42,45)(H,43,47). The number of nitrogens with one attached hydrogen (secondary N) is 2. The van der Waals surface area contributed by atoms with E-state index in [1.54, 1.807) is 20.1 Å². The first-order chi connectivity index (χ1) is 25.7. The Bertz CT molecular complexity index is 2110. The van der Waals surface area contributed by atoms with Crippen LogP contribution in [0.5, 0.6) is 11.5 Å². The topological polar surface area (TPSA) is 179 Å². The summed E-state index contributed by atoms with van der Waals surface area (Å²) in [5.74, 6) is 0.285. The molecule has 4 aliphatic rings. The molecule has 3 amide bonds. The zero-order valence-electron chi connectivity index (χ0n) is 31.6. The molecule has 0 spiro atoms. The van der Waals surface area contributed by atoms with Crippen LogP contribution in [0.1, 0.15) is 88.8 Å². The van der Waals surface area contributed by atoms with Crippen molar-refractivity contribution in [1.29, 1.82) is 0 Å². The molecule has 1 saturated heterocycles. The zero-order valence-corrected chi connectivity index (χ0v) is 32.5. The number of pyridine rings is 1. The highest BCUT2D eigenvalue weighted by atomic mass is 32.2. The highest BCUT2D eigenvalue weighted by molar-refractivity contribution is 7.91. The van der Waals surface area contributed by atoms with E-state index in [-0.39, 0.29) is 31.2 Å². The van der Waals surface area contributed by atoms with Crippen LogP contribution >= 0.6 is 0 Å². The van der Waals surface area contributed by atoms with Crippen molar-refractivity contribution in [2.45, 2.75) is 115 Å². The maximum Gasteiger partial charge on any atom is 0.259 e. The van der Waals surface area contributed by atoms with Gasteiger partial charge in [-0.15, -0.1) is 0 Å². The molecular formula is C39H49N5O9S. The second-order valence-electron chi connectivity index (χ2n) is 15.3. The van der Waals surface area contributed by atoms with Gasteiger partial charge in [0.15, 0.2) is 5.89 Å². The summed E-state index contributed by atoms with van der Waals surface area (Å²) in [6, 6.07) is 4.49. The van der Waals surface area contributed by atoms with Gasteiger partial charge in [0.25, 0.3) is 11.8 Å². The summed E-state index contributed by atoms with van der Waals surface area (Å²) in [6.07, 6.45) is 5.93. The highest BCUT2D eigenvalue weighted by Crippen LogP contribution is 2.46. The molecule has 0 bridgehead atoms. The molecule has 14 nitrogen and oxygen atoms in total. The number of amides is 3. The number of carbonyl (C=O) groups is 3. The Kier molecular flexibility index (Phi) is 10.2. The zero-order chi connectivity index (χ0) is 38.5. The highest BCUT2D eigenvalue weighted by Gasteiger charge is 2.62. The van der Waals surface area contributed by atoms with E-state index in [9.17, 15) is 22.8 Å². The summed E-state index contributed by atoms with van der Waals surface area (Å²) in [4.78, 5) is 53.2. The molecule has 2 aliphatic carbocycles. The SMILES string of the molecule is COc1ccc2c(OC3CC4C(=O)NC5(C(=O)NS(=O)(=O)C6CC6)CC5C=CCCCCOC(C)C(=O)N4C3)cc(-c3nc(C(C)C)oc3C)nc2c1C. The van der Waals surface area contributed by atoms with Gasteiger partial charge in [0.2, 0.25) is 15.9 Å².